The van der Waals surface area contributed by atoms with E-state index in [9.17, 15) is 9.59 Å². The monoisotopic (exact) mass is 249 g/mol. The molecule has 1 N–H and O–H groups in total. The predicted octanol–water partition coefficient (Wildman–Crippen LogP) is -0.0262. The third kappa shape index (κ3) is 2.57. The van der Waals surface area contributed by atoms with Crippen LogP contribution in [0.25, 0.3) is 0 Å². The Labute approximate surface area is 105 Å². The highest BCUT2D eigenvalue weighted by Gasteiger charge is 2.37. The van der Waals surface area contributed by atoms with E-state index in [0.29, 0.717) is 19.3 Å². The van der Waals surface area contributed by atoms with Crippen molar-refractivity contribution in [2.45, 2.75) is 18.7 Å². The summed E-state index contributed by atoms with van der Waals surface area (Å²) in [4.78, 5) is 23.8. The molecular formula is C13H15NO4. The molecule has 2 atom stereocenters. The fourth-order valence-electron chi connectivity index (χ4n) is 2.15. The van der Waals surface area contributed by atoms with Crippen LogP contribution in [-0.4, -0.2) is 47.7 Å². The third-order valence-corrected chi connectivity index (χ3v) is 2.98. The summed E-state index contributed by atoms with van der Waals surface area (Å²) in [5.74, 6) is -0.481. The fraction of sp³-hybridized carbons (Fsp3) is 0.385. The van der Waals surface area contributed by atoms with E-state index in [0.717, 1.165) is 5.56 Å². The molecule has 1 saturated heterocycles. The number of aliphatic hydroxyl groups excluding tert-OH is 1. The van der Waals surface area contributed by atoms with Crippen molar-refractivity contribution < 1.29 is 19.4 Å². The number of hydrogen-bond acceptors (Lipinski definition) is 4. The zero-order chi connectivity index (χ0) is 13.0. The summed E-state index contributed by atoms with van der Waals surface area (Å²) in [6, 6.07) is 9.45. The van der Waals surface area contributed by atoms with Gasteiger partial charge in [-0.15, -0.1) is 0 Å². The largest absolute Gasteiger partial charge is 0.387 e. The molecule has 2 unspecified atom stereocenters. The molecule has 1 fully saturated rings. The van der Waals surface area contributed by atoms with Crippen LogP contribution in [0.3, 0.4) is 0 Å². The van der Waals surface area contributed by atoms with Crippen molar-refractivity contribution in [1.82, 2.24) is 4.90 Å². The summed E-state index contributed by atoms with van der Waals surface area (Å²) < 4.78 is 5.25. The molecule has 0 saturated carbocycles. The van der Waals surface area contributed by atoms with Gasteiger partial charge < -0.3 is 14.7 Å². The second-order valence-electron chi connectivity index (χ2n) is 4.16. The van der Waals surface area contributed by atoms with Crippen LogP contribution in [0.15, 0.2) is 30.3 Å². The number of carbonyl (C=O) groups excluding carboxylic acids is 2. The highest BCUT2D eigenvalue weighted by molar-refractivity contribution is 5.81. The normalized spacial score (nSPS) is 23.1. The molecule has 5 heteroatoms. The average molecular weight is 249 g/mol. The summed E-state index contributed by atoms with van der Waals surface area (Å²) in [6.45, 7) is -0.303. The van der Waals surface area contributed by atoms with Crippen LogP contribution >= 0.6 is 0 Å². The topological polar surface area (TPSA) is 66.8 Å². The molecule has 96 valence electrons. The van der Waals surface area contributed by atoms with Gasteiger partial charge in [0.25, 0.3) is 5.91 Å². The Balaban J connectivity index is 2.12. The summed E-state index contributed by atoms with van der Waals surface area (Å²) in [7, 11) is 0. The zero-order valence-corrected chi connectivity index (χ0v) is 9.86. The number of rotatable bonds is 4. The number of amides is 1. The molecule has 2 rings (SSSR count). The molecule has 5 nitrogen and oxygen atoms in total. The summed E-state index contributed by atoms with van der Waals surface area (Å²) >= 11 is 0. The van der Waals surface area contributed by atoms with Crippen molar-refractivity contribution in [1.29, 1.82) is 0 Å². The van der Waals surface area contributed by atoms with Gasteiger partial charge in [-0.25, -0.2) is 0 Å². The van der Waals surface area contributed by atoms with Crippen LogP contribution in [0.5, 0.6) is 0 Å². The molecule has 0 spiro atoms. The molecule has 1 aromatic carbocycles. The average Bonchev–Trinajstić information content (AvgIpc) is 2.82. The van der Waals surface area contributed by atoms with Crippen LogP contribution in [0.4, 0.5) is 0 Å². The van der Waals surface area contributed by atoms with Gasteiger partial charge in [0, 0.05) is 0 Å². The summed E-state index contributed by atoms with van der Waals surface area (Å²) in [5.41, 5.74) is 1.06. The van der Waals surface area contributed by atoms with E-state index >= 15 is 0 Å². The Kier molecular flexibility index (Phi) is 4.07. The molecule has 0 radical (unpaired) electrons. The SMILES string of the molecule is O=CC1OCC(Cc2ccccc2)N1C(=O)CO. The van der Waals surface area contributed by atoms with Crippen LogP contribution in [0.2, 0.25) is 0 Å². The quantitative estimate of drug-likeness (QED) is 0.761. The van der Waals surface area contributed by atoms with Crippen molar-refractivity contribution in [2.24, 2.45) is 0 Å². The van der Waals surface area contributed by atoms with E-state index in [1.54, 1.807) is 0 Å². The van der Waals surface area contributed by atoms with Crippen molar-refractivity contribution in [3.8, 4) is 0 Å². The van der Waals surface area contributed by atoms with Crippen LogP contribution in [0, 0.1) is 0 Å². The summed E-state index contributed by atoms with van der Waals surface area (Å²) in [6.07, 6.45) is 0.313. The lowest BCUT2D eigenvalue weighted by molar-refractivity contribution is -0.144. The minimum absolute atomic E-state index is 0.206. The maximum absolute atomic E-state index is 11.6. The number of nitrogens with zero attached hydrogens (tertiary/aromatic N) is 1. The van der Waals surface area contributed by atoms with Gasteiger partial charge in [0.05, 0.1) is 12.6 Å². The molecule has 1 amide bonds. The number of ether oxygens (including phenoxy) is 1. The second kappa shape index (κ2) is 5.75. The van der Waals surface area contributed by atoms with Crippen molar-refractivity contribution in [3.63, 3.8) is 0 Å². The Morgan fingerprint density at radius 1 is 1.44 bits per heavy atom. The van der Waals surface area contributed by atoms with Crippen molar-refractivity contribution >= 4 is 12.2 Å². The van der Waals surface area contributed by atoms with Gasteiger partial charge in [0.15, 0.2) is 12.5 Å². The van der Waals surface area contributed by atoms with E-state index in [2.05, 4.69) is 0 Å². The molecule has 0 aromatic heterocycles. The van der Waals surface area contributed by atoms with Gasteiger partial charge in [0.1, 0.15) is 6.61 Å². The Morgan fingerprint density at radius 2 is 2.17 bits per heavy atom. The third-order valence-electron chi connectivity index (χ3n) is 2.98. The minimum atomic E-state index is -0.877. The molecule has 18 heavy (non-hydrogen) atoms. The van der Waals surface area contributed by atoms with E-state index in [4.69, 9.17) is 9.84 Å². The zero-order valence-electron chi connectivity index (χ0n) is 9.86. The van der Waals surface area contributed by atoms with E-state index in [1.807, 2.05) is 30.3 Å². The lowest BCUT2D eigenvalue weighted by Crippen LogP contribution is -2.45. The first kappa shape index (κ1) is 12.7. The van der Waals surface area contributed by atoms with Gasteiger partial charge in [-0.05, 0) is 12.0 Å². The molecule has 1 aliphatic rings. The first-order chi connectivity index (χ1) is 8.76. The number of carbonyl (C=O) groups is 2. The first-order valence-electron chi connectivity index (χ1n) is 5.79. The second-order valence-corrected chi connectivity index (χ2v) is 4.16. The van der Waals surface area contributed by atoms with Gasteiger partial charge >= 0.3 is 0 Å². The van der Waals surface area contributed by atoms with Crippen LogP contribution < -0.4 is 0 Å². The molecule has 0 bridgehead atoms. The first-order valence-corrected chi connectivity index (χ1v) is 5.79. The molecule has 0 aliphatic carbocycles. The lowest BCUT2D eigenvalue weighted by atomic mass is 10.1. The minimum Gasteiger partial charge on any atom is -0.387 e. The van der Waals surface area contributed by atoms with Crippen LogP contribution in [-0.2, 0) is 20.7 Å². The fourth-order valence-corrected chi connectivity index (χ4v) is 2.15. The molecular weight excluding hydrogens is 234 g/mol. The Hall–Kier alpha value is -1.72. The molecule has 1 aliphatic heterocycles. The lowest BCUT2D eigenvalue weighted by Gasteiger charge is -2.24. The Morgan fingerprint density at radius 3 is 2.78 bits per heavy atom. The summed E-state index contributed by atoms with van der Waals surface area (Å²) in [5, 5.41) is 8.93. The number of hydrogen-bond donors (Lipinski definition) is 1. The van der Waals surface area contributed by atoms with Crippen molar-refractivity contribution in [2.75, 3.05) is 13.2 Å². The van der Waals surface area contributed by atoms with Gasteiger partial charge in [-0.2, -0.15) is 0 Å². The number of aldehydes is 1. The van der Waals surface area contributed by atoms with E-state index in [1.165, 1.54) is 4.90 Å². The predicted molar refractivity (Wildman–Crippen MR) is 63.7 cm³/mol. The number of benzene rings is 1. The standard InChI is InChI=1S/C13H15NO4/c15-7-12(17)14-11(9-18-13(14)8-16)6-10-4-2-1-3-5-10/h1-5,8,11,13,15H,6-7,9H2. The van der Waals surface area contributed by atoms with Gasteiger partial charge in [0.2, 0.25) is 0 Å². The van der Waals surface area contributed by atoms with Gasteiger partial charge in [-0.1, -0.05) is 30.3 Å². The van der Waals surface area contributed by atoms with E-state index in [-0.39, 0.29) is 6.04 Å². The Bertz CT molecular complexity index is 420. The van der Waals surface area contributed by atoms with E-state index < -0.39 is 18.7 Å². The van der Waals surface area contributed by atoms with Crippen molar-refractivity contribution in [3.05, 3.63) is 35.9 Å². The van der Waals surface area contributed by atoms with Crippen LogP contribution in [0.1, 0.15) is 5.56 Å². The van der Waals surface area contributed by atoms with Gasteiger partial charge in [-0.3, -0.25) is 9.59 Å². The molecule has 1 heterocycles. The highest BCUT2D eigenvalue weighted by Crippen LogP contribution is 2.19. The smallest absolute Gasteiger partial charge is 0.250 e. The maximum Gasteiger partial charge on any atom is 0.250 e. The number of aliphatic hydroxyl groups is 1. The maximum atomic E-state index is 11.6. The highest BCUT2D eigenvalue weighted by atomic mass is 16.5. The molecule has 1 aromatic rings.